The fourth-order valence-corrected chi connectivity index (χ4v) is 2.78. The van der Waals surface area contributed by atoms with Crippen LogP contribution in [0.5, 0.6) is 23.0 Å². The summed E-state index contributed by atoms with van der Waals surface area (Å²) in [6.07, 6.45) is 0.608. The Bertz CT molecular complexity index is 868. The zero-order valence-electron chi connectivity index (χ0n) is 16.8. The summed E-state index contributed by atoms with van der Waals surface area (Å²) >= 11 is 0. The highest BCUT2D eigenvalue weighted by Crippen LogP contribution is 2.32. The van der Waals surface area contributed by atoms with Crippen molar-refractivity contribution in [2.75, 3.05) is 38.4 Å². The minimum atomic E-state index is -0.464. The second kappa shape index (κ2) is 10.9. The Morgan fingerprint density at radius 1 is 1.00 bits per heavy atom. The number of hydrogen-bond acceptors (Lipinski definition) is 7. The van der Waals surface area contributed by atoms with Crippen molar-refractivity contribution in [3.05, 3.63) is 42.5 Å². The zero-order valence-corrected chi connectivity index (χ0v) is 16.8. The summed E-state index contributed by atoms with van der Waals surface area (Å²) in [4.78, 5) is 23.9. The summed E-state index contributed by atoms with van der Waals surface area (Å²) in [5.41, 5.74) is 0.543. The molecule has 1 N–H and O–H groups in total. The minimum Gasteiger partial charge on any atom is -0.490 e. The first-order valence-electron chi connectivity index (χ1n) is 9.85. The molecule has 1 aliphatic rings. The van der Waals surface area contributed by atoms with Gasteiger partial charge < -0.3 is 29.0 Å². The lowest BCUT2D eigenvalue weighted by molar-refractivity contribution is -0.147. The van der Waals surface area contributed by atoms with Gasteiger partial charge in [0.2, 0.25) is 0 Å². The first kappa shape index (κ1) is 21.3. The lowest BCUT2D eigenvalue weighted by atomic mass is 10.2. The topological polar surface area (TPSA) is 92.3 Å². The molecule has 2 aromatic carbocycles. The maximum Gasteiger partial charge on any atom is 0.306 e. The average Bonchev–Trinajstić information content (AvgIpc) is 2.76. The number of para-hydroxylation sites is 2. The third-order valence-electron chi connectivity index (χ3n) is 4.12. The van der Waals surface area contributed by atoms with Crippen LogP contribution in [0.3, 0.4) is 0 Å². The van der Waals surface area contributed by atoms with Crippen LogP contribution in [-0.2, 0) is 14.3 Å². The van der Waals surface area contributed by atoms with Crippen molar-refractivity contribution in [1.82, 2.24) is 0 Å². The first-order chi connectivity index (χ1) is 14.7. The van der Waals surface area contributed by atoms with Gasteiger partial charge in [0.15, 0.2) is 29.6 Å². The van der Waals surface area contributed by atoms with Gasteiger partial charge in [-0.1, -0.05) is 12.1 Å². The quantitative estimate of drug-likeness (QED) is 0.471. The van der Waals surface area contributed by atoms with Gasteiger partial charge in [-0.25, -0.2) is 0 Å². The molecule has 0 spiro atoms. The van der Waals surface area contributed by atoms with E-state index in [1.807, 2.05) is 31.2 Å². The van der Waals surface area contributed by atoms with Crippen LogP contribution in [0.25, 0.3) is 0 Å². The summed E-state index contributed by atoms with van der Waals surface area (Å²) < 4.78 is 27.1. The largest absolute Gasteiger partial charge is 0.490 e. The van der Waals surface area contributed by atoms with Crippen LogP contribution in [0.4, 0.5) is 5.69 Å². The highest BCUT2D eigenvalue weighted by atomic mass is 16.6. The number of benzene rings is 2. The van der Waals surface area contributed by atoms with Crippen molar-refractivity contribution in [3.63, 3.8) is 0 Å². The fraction of sp³-hybridized carbons (Fsp3) is 0.364. The van der Waals surface area contributed by atoms with E-state index in [1.165, 1.54) is 0 Å². The molecule has 0 saturated heterocycles. The molecule has 0 fully saturated rings. The molecule has 0 atom stereocenters. The number of rotatable bonds is 10. The van der Waals surface area contributed by atoms with E-state index in [2.05, 4.69) is 5.32 Å². The van der Waals surface area contributed by atoms with Crippen molar-refractivity contribution in [2.24, 2.45) is 0 Å². The molecule has 8 nitrogen and oxygen atoms in total. The summed E-state index contributed by atoms with van der Waals surface area (Å²) in [5, 5.41) is 2.66. The third-order valence-corrected chi connectivity index (χ3v) is 4.12. The summed E-state index contributed by atoms with van der Waals surface area (Å²) in [6.45, 7) is 3.38. The molecule has 3 rings (SSSR count). The lowest BCUT2D eigenvalue weighted by Gasteiger charge is -2.19. The summed E-state index contributed by atoms with van der Waals surface area (Å²) in [5.74, 6) is 1.61. The van der Waals surface area contributed by atoms with Crippen LogP contribution in [0.2, 0.25) is 0 Å². The molecule has 1 heterocycles. The molecule has 0 saturated carbocycles. The van der Waals surface area contributed by atoms with Gasteiger partial charge in [-0.2, -0.15) is 0 Å². The summed E-state index contributed by atoms with van der Waals surface area (Å²) in [7, 11) is 0. The minimum absolute atomic E-state index is 0.147. The predicted molar refractivity (Wildman–Crippen MR) is 109 cm³/mol. The standard InChI is InChI=1S/C22H25NO7/c1-2-26-17-6-3-4-7-18(17)27-11-5-8-22(25)30-15-21(24)23-16-9-10-19-20(14-16)29-13-12-28-19/h3-4,6-7,9-10,14H,2,5,8,11-13,15H2,1H3,(H,23,24). The van der Waals surface area contributed by atoms with Gasteiger partial charge in [0.05, 0.1) is 13.2 Å². The van der Waals surface area contributed by atoms with E-state index in [0.29, 0.717) is 61.5 Å². The molecule has 160 valence electrons. The number of ether oxygens (including phenoxy) is 5. The third kappa shape index (κ3) is 6.30. The Morgan fingerprint density at radius 3 is 2.50 bits per heavy atom. The Kier molecular flexibility index (Phi) is 7.77. The van der Waals surface area contributed by atoms with Crippen molar-refractivity contribution >= 4 is 17.6 Å². The average molecular weight is 415 g/mol. The van der Waals surface area contributed by atoms with E-state index in [9.17, 15) is 9.59 Å². The maximum absolute atomic E-state index is 12.0. The Hall–Kier alpha value is -3.42. The van der Waals surface area contributed by atoms with Crippen molar-refractivity contribution in [3.8, 4) is 23.0 Å². The molecule has 0 radical (unpaired) electrons. The predicted octanol–water partition coefficient (Wildman–Crippen LogP) is 3.20. The molecule has 1 amide bonds. The van der Waals surface area contributed by atoms with Crippen LogP contribution in [0.15, 0.2) is 42.5 Å². The number of amides is 1. The number of carbonyl (C=O) groups excluding carboxylic acids is 2. The Balaban J connectivity index is 1.34. The molecule has 2 aromatic rings. The highest BCUT2D eigenvalue weighted by Gasteiger charge is 2.14. The molecule has 30 heavy (non-hydrogen) atoms. The molecule has 0 aromatic heterocycles. The van der Waals surface area contributed by atoms with Crippen LogP contribution in [0.1, 0.15) is 19.8 Å². The molecule has 0 unspecified atom stereocenters. The van der Waals surface area contributed by atoms with Gasteiger partial charge in [0.1, 0.15) is 13.2 Å². The van der Waals surface area contributed by atoms with Crippen LogP contribution in [-0.4, -0.2) is 44.9 Å². The van der Waals surface area contributed by atoms with E-state index in [-0.39, 0.29) is 13.0 Å². The van der Waals surface area contributed by atoms with E-state index < -0.39 is 11.9 Å². The van der Waals surface area contributed by atoms with Crippen molar-refractivity contribution < 1.29 is 33.3 Å². The maximum atomic E-state index is 12.0. The number of nitrogens with one attached hydrogen (secondary N) is 1. The van der Waals surface area contributed by atoms with E-state index >= 15 is 0 Å². The van der Waals surface area contributed by atoms with Gasteiger partial charge in [0, 0.05) is 18.2 Å². The second-order valence-corrected chi connectivity index (χ2v) is 6.40. The van der Waals surface area contributed by atoms with E-state index in [4.69, 9.17) is 23.7 Å². The first-order valence-corrected chi connectivity index (χ1v) is 9.85. The molecule has 0 aliphatic carbocycles. The molecule has 0 bridgehead atoms. The van der Waals surface area contributed by atoms with Gasteiger partial charge >= 0.3 is 5.97 Å². The second-order valence-electron chi connectivity index (χ2n) is 6.40. The van der Waals surface area contributed by atoms with E-state index in [1.54, 1.807) is 18.2 Å². The monoisotopic (exact) mass is 415 g/mol. The normalized spacial score (nSPS) is 12.0. The summed E-state index contributed by atoms with van der Waals surface area (Å²) in [6, 6.07) is 12.5. The molecular formula is C22H25NO7. The molecule has 8 heteroatoms. The Labute approximate surface area is 175 Å². The number of fused-ring (bicyclic) bond motifs is 1. The van der Waals surface area contributed by atoms with Gasteiger partial charge in [-0.15, -0.1) is 0 Å². The number of anilines is 1. The van der Waals surface area contributed by atoms with Gasteiger partial charge in [0.25, 0.3) is 5.91 Å². The fourth-order valence-electron chi connectivity index (χ4n) is 2.78. The number of esters is 1. The lowest BCUT2D eigenvalue weighted by Crippen LogP contribution is -2.21. The van der Waals surface area contributed by atoms with Gasteiger partial charge in [-0.05, 0) is 37.6 Å². The van der Waals surface area contributed by atoms with E-state index in [0.717, 1.165) is 0 Å². The Morgan fingerprint density at radius 2 is 1.73 bits per heavy atom. The van der Waals surface area contributed by atoms with Crippen molar-refractivity contribution in [1.29, 1.82) is 0 Å². The molecular weight excluding hydrogens is 390 g/mol. The number of carbonyl (C=O) groups is 2. The SMILES string of the molecule is CCOc1ccccc1OCCCC(=O)OCC(=O)Nc1ccc2c(c1)OCCO2. The van der Waals surface area contributed by atoms with Gasteiger partial charge in [-0.3, -0.25) is 9.59 Å². The van der Waals surface area contributed by atoms with Crippen LogP contribution in [0, 0.1) is 0 Å². The molecule has 1 aliphatic heterocycles. The highest BCUT2D eigenvalue weighted by molar-refractivity contribution is 5.93. The van der Waals surface area contributed by atoms with Crippen LogP contribution >= 0.6 is 0 Å². The van der Waals surface area contributed by atoms with Crippen molar-refractivity contribution in [2.45, 2.75) is 19.8 Å². The smallest absolute Gasteiger partial charge is 0.306 e. The zero-order chi connectivity index (χ0) is 21.2. The van der Waals surface area contributed by atoms with Crippen LogP contribution < -0.4 is 24.3 Å². The number of hydrogen-bond donors (Lipinski definition) is 1.